The van der Waals surface area contributed by atoms with Gasteiger partial charge in [-0.15, -0.1) is 11.3 Å². The van der Waals surface area contributed by atoms with Gasteiger partial charge in [-0.25, -0.2) is 0 Å². The number of amides is 2. The van der Waals surface area contributed by atoms with Gasteiger partial charge in [-0.1, -0.05) is 5.16 Å². The summed E-state index contributed by atoms with van der Waals surface area (Å²) < 4.78 is 6.18. The molecule has 1 fully saturated rings. The zero-order chi connectivity index (χ0) is 18.8. The van der Waals surface area contributed by atoms with Gasteiger partial charge in [-0.05, 0) is 43.2 Å². The summed E-state index contributed by atoms with van der Waals surface area (Å²) in [5, 5.41) is 8.75. The predicted molar refractivity (Wildman–Crippen MR) is 103 cm³/mol. The standard InChI is InChI=1S/C19H22N4O3S/c1-12-7-14(26-22-12)8-18(24)20-10-13-3-2-5-23(11-13)19(25)16-9-17-15(21-16)4-6-27-17/h4,6-7,9,13,21H,2-3,5,8,10-11H2,1H3,(H,20,24). The number of likely N-dealkylation sites (tertiary alicyclic amines) is 1. The van der Waals surface area contributed by atoms with Crippen LogP contribution in [0.2, 0.25) is 0 Å². The first-order valence-electron chi connectivity index (χ1n) is 9.13. The summed E-state index contributed by atoms with van der Waals surface area (Å²) in [7, 11) is 0. The predicted octanol–water partition coefficient (Wildman–Crippen LogP) is 2.74. The summed E-state index contributed by atoms with van der Waals surface area (Å²) in [6, 6.07) is 5.68. The molecule has 1 aliphatic heterocycles. The van der Waals surface area contributed by atoms with Crippen LogP contribution < -0.4 is 5.32 Å². The highest BCUT2D eigenvalue weighted by Gasteiger charge is 2.26. The fraction of sp³-hybridized carbons (Fsp3) is 0.421. The van der Waals surface area contributed by atoms with E-state index in [9.17, 15) is 9.59 Å². The third kappa shape index (κ3) is 4.05. The normalized spacial score (nSPS) is 17.4. The highest BCUT2D eigenvalue weighted by atomic mass is 32.1. The number of carbonyl (C=O) groups excluding carboxylic acids is 2. The number of carbonyl (C=O) groups is 2. The van der Waals surface area contributed by atoms with Gasteiger partial charge in [0.1, 0.15) is 11.5 Å². The van der Waals surface area contributed by atoms with Crippen molar-refractivity contribution >= 4 is 33.4 Å². The van der Waals surface area contributed by atoms with E-state index in [-0.39, 0.29) is 24.2 Å². The lowest BCUT2D eigenvalue weighted by Gasteiger charge is -2.32. The average Bonchev–Trinajstić information content (AvgIpc) is 3.36. The number of piperidine rings is 1. The third-order valence-electron chi connectivity index (χ3n) is 4.88. The molecule has 4 rings (SSSR count). The SMILES string of the molecule is Cc1cc(CC(=O)NCC2CCCN(C(=O)c3cc4sccc4[nH]3)C2)on1. The topological polar surface area (TPSA) is 91.2 Å². The van der Waals surface area contributed by atoms with Crippen molar-refractivity contribution in [1.29, 1.82) is 0 Å². The van der Waals surface area contributed by atoms with Gasteiger partial charge in [-0.3, -0.25) is 9.59 Å². The van der Waals surface area contributed by atoms with Crippen LogP contribution in [0.3, 0.4) is 0 Å². The Morgan fingerprint density at radius 3 is 3.11 bits per heavy atom. The van der Waals surface area contributed by atoms with Crippen molar-refractivity contribution in [2.45, 2.75) is 26.2 Å². The molecule has 0 saturated carbocycles. The molecule has 142 valence electrons. The van der Waals surface area contributed by atoms with Gasteiger partial charge in [0, 0.05) is 25.7 Å². The third-order valence-corrected chi connectivity index (χ3v) is 5.74. The van der Waals surface area contributed by atoms with E-state index in [0.29, 0.717) is 24.5 Å². The van der Waals surface area contributed by atoms with Crippen LogP contribution in [0.25, 0.3) is 10.2 Å². The number of fused-ring (bicyclic) bond motifs is 1. The van der Waals surface area contributed by atoms with Gasteiger partial charge in [0.05, 0.1) is 22.3 Å². The molecule has 7 nitrogen and oxygen atoms in total. The van der Waals surface area contributed by atoms with Crippen molar-refractivity contribution < 1.29 is 14.1 Å². The Morgan fingerprint density at radius 1 is 1.44 bits per heavy atom. The zero-order valence-corrected chi connectivity index (χ0v) is 16.0. The molecule has 2 N–H and O–H groups in total. The molecule has 8 heteroatoms. The van der Waals surface area contributed by atoms with E-state index in [4.69, 9.17) is 4.52 Å². The number of rotatable bonds is 5. The Morgan fingerprint density at radius 2 is 2.33 bits per heavy atom. The number of hydrogen-bond acceptors (Lipinski definition) is 5. The minimum atomic E-state index is -0.0841. The summed E-state index contributed by atoms with van der Waals surface area (Å²) in [5.74, 6) is 0.780. The van der Waals surface area contributed by atoms with Crippen LogP contribution in [0.1, 0.15) is 34.8 Å². The summed E-state index contributed by atoms with van der Waals surface area (Å²) >= 11 is 1.62. The molecule has 1 aliphatic rings. The minimum absolute atomic E-state index is 0.0339. The lowest BCUT2D eigenvalue weighted by atomic mass is 9.97. The van der Waals surface area contributed by atoms with Gasteiger partial charge < -0.3 is 19.7 Å². The average molecular weight is 386 g/mol. The molecule has 0 aliphatic carbocycles. The lowest BCUT2D eigenvalue weighted by Crippen LogP contribution is -2.44. The van der Waals surface area contributed by atoms with Crippen LogP contribution in [0.15, 0.2) is 28.1 Å². The maximum absolute atomic E-state index is 12.8. The molecule has 1 unspecified atom stereocenters. The molecule has 0 radical (unpaired) electrons. The highest BCUT2D eigenvalue weighted by Crippen LogP contribution is 2.24. The monoisotopic (exact) mass is 386 g/mol. The second-order valence-corrected chi connectivity index (χ2v) is 8.00. The molecular weight excluding hydrogens is 364 g/mol. The molecule has 0 aromatic carbocycles. The van der Waals surface area contributed by atoms with Crippen molar-refractivity contribution in [3.05, 3.63) is 40.7 Å². The molecule has 27 heavy (non-hydrogen) atoms. The fourth-order valence-corrected chi connectivity index (χ4v) is 4.31. The quantitative estimate of drug-likeness (QED) is 0.705. The first kappa shape index (κ1) is 17.8. The van der Waals surface area contributed by atoms with Crippen LogP contribution in [0.5, 0.6) is 0 Å². The van der Waals surface area contributed by atoms with E-state index in [2.05, 4.69) is 15.5 Å². The Labute approximate surface area is 160 Å². The molecule has 2 amide bonds. The molecular formula is C19H22N4O3S. The maximum atomic E-state index is 12.8. The van der Waals surface area contributed by atoms with Gasteiger partial charge in [0.2, 0.25) is 5.91 Å². The van der Waals surface area contributed by atoms with Crippen molar-refractivity contribution in [3.8, 4) is 0 Å². The molecule has 3 aromatic heterocycles. The van der Waals surface area contributed by atoms with Crippen LogP contribution in [-0.4, -0.2) is 46.5 Å². The molecule has 0 bridgehead atoms. The van der Waals surface area contributed by atoms with Crippen LogP contribution in [-0.2, 0) is 11.2 Å². The van der Waals surface area contributed by atoms with Crippen LogP contribution >= 0.6 is 11.3 Å². The smallest absolute Gasteiger partial charge is 0.270 e. The van der Waals surface area contributed by atoms with Crippen molar-refractivity contribution in [2.75, 3.05) is 19.6 Å². The molecule has 1 saturated heterocycles. The van der Waals surface area contributed by atoms with E-state index < -0.39 is 0 Å². The lowest BCUT2D eigenvalue weighted by molar-refractivity contribution is -0.121. The van der Waals surface area contributed by atoms with E-state index in [1.54, 1.807) is 17.4 Å². The highest BCUT2D eigenvalue weighted by molar-refractivity contribution is 7.17. The molecule has 3 aromatic rings. The van der Waals surface area contributed by atoms with Gasteiger partial charge in [-0.2, -0.15) is 0 Å². The van der Waals surface area contributed by atoms with Crippen molar-refractivity contribution in [2.24, 2.45) is 5.92 Å². The Kier molecular flexibility index (Phi) is 4.98. The van der Waals surface area contributed by atoms with Gasteiger partial charge >= 0.3 is 0 Å². The first-order valence-corrected chi connectivity index (χ1v) is 10.0. The molecule has 1 atom stereocenters. The summed E-state index contributed by atoms with van der Waals surface area (Å²) in [4.78, 5) is 30.0. The van der Waals surface area contributed by atoms with Crippen LogP contribution in [0.4, 0.5) is 0 Å². The Bertz CT molecular complexity index is 929. The molecule has 4 heterocycles. The van der Waals surface area contributed by atoms with E-state index in [1.165, 1.54) is 0 Å². The Hall–Kier alpha value is -2.61. The van der Waals surface area contributed by atoms with Crippen molar-refractivity contribution in [3.63, 3.8) is 0 Å². The fourth-order valence-electron chi connectivity index (χ4n) is 3.53. The summed E-state index contributed by atoms with van der Waals surface area (Å²) in [6.45, 7) is 3.81. The minimum Gasteiger partial charge on any atom is -0.361 e. The maximum Gasteiger partial charge on any atom is 0.270 e. The second kappa shape index (κ2) is 7.56. The van der Waals surface area contributed by atoms with Crippen molar-refractivity contribution in [1.82, 2.24) is 20.4 Å². The molecule has 0 spiro atoms. The first-order chi connectivity index (χ1) is 13.1. The summed E-state index contributed by atoms with van der Waals surface area (Å²) in [5.41, 5.74) is 2.41. The van der Waals surface area contributed by atoms with Crippen LogP contribution in [0, 0.1) is 12.8 Å². The van der Waals surface area contributed by atoms with E-state index in [0.717, 1.165) is 35.3 Å². The number of aromatic nitrogens is 2. The number of aromatic amines is 1. The number of nitrogens with zero attached hydrogens (tertiary/aromatic N) is 2. The number of hydrogen-bond donors (Lipinski definition) is 2. The van der Waals surface area contributed by atoms with E-state index >= 15 is 0 Å². The number of aryl methyl sites for hydroxylation is 1. The summed E-state index contributed by atoms with van der Waals surface area (Å²) in [6.07, 6.45) is 2.14. The number of H-pyrrole nitrogens is 1. The zero-order valence-electron chi connectivity index (χ0n) is 15.2. The number of nitrogens with one attached hydrogen (secondary N) is 2. The number of thiophene rings is 1. The second-order valence-electron chi connectivity index (χ2n) is 7.06. The van der Waals surface area contributed by atoms with Gasteiger partial charge in [0.15, 0.2) is 0 Å². The van der Waals surface area contributed by atoms with E-state index in [1.807, 2.05) is 29.3 Å². The largest absolute Gasteiger partial charge is 0.361 e. The van der Waals surface area contributed by atoms with Gasteiger partial charge in [0.25, 0.3) is 5.91 Å². The Balaban J connectivity index is 1.30.